The Balaban J connectivity index is 2.24. The lowest BCUT2D eigenvalue weighted by molar-refractivity contribution is -0.705. The van der Waals surface area contributed by atoms with Crippen LogP contribution >= 0.6 is 0 Å². The lowest BCUT2D eigenvalue weighted by Gasteiger charge is -2.10. The minimum atomic E-state index is 1.23. The zero-order valence-corrected chi connectivity index (χ0v) is 33.0. The maximum absolute atomic E-state index is 2.66. The summed E-state index contributed by atoms with van der Waals surface area (Å²) in [7, 11) is 0. The van der Waals surface area contributed by atoms with Crippen LogP contribution in [0.5, 0.6) is 0 Å². The van der Waals surface area contributed by atoms with Gasteiger partial charge in [-0.25, -0.2) is 4.57 Å². The molecule has 0 spiro atoms. The van der Waals surface area contributed by atoms with Crippen molar-refractivity contribution >= 4 is 0 Å². The van der Waals surface area contributed by atoms with E-state index in [-0.39, 0.29) is 0 Å². The van der Waals surface area contributed by atoms with Gasteiger partial charge in [-0.3, -0.25) is 0 Å². The molecule has 1 heterocycles. The summed E-state index contributed by atoms with van der Waals surface area (Å²) in [5, 5.41) is 0. The van der Waals surface area contributed by atoms with Crippen LogP contribution < -0.4 is 4.57 Å². The third kappa shape index (κ3) is 28.7. The monoisotopic (exact) mass is 655 g/mol. The first-order valence-electron chi connectivity index (χ1n) is 22.3. The molecule has 1 aromatic heterocycles. The van der Waals surface area contributed by atoms with Crippen molar-refractivity contribution in [1.82, 2.24) is 0 Å². The molecule has 0 bridgehead atoms. The van der Waals surface area contributed by atoms with Crippen LogP contribution in [-0.2, 0) is 19.4 Å². The summed E-state index contributed by atoms with van der Waals surface area (Å²) in [5.41, 5.74) is 3.35. The Morgan fingerprint density at radius 1 is 0.340 bits per heavy atom. The molecule has 0 amide bonds. The highest BCUT2D eigenvalue weighted by molar-refractivity contribution is 5.16. The molecule has 0 aliphatic carbocycles. The highest BCUT2D eigenvalue weighted by Crippen LogP contribution is 2.18. The first kappa shape index (κ1) is 44.2. The highest BCUT2D eigenvalue weighted by atomic mass is 15.0. The van der Waals surface area contributed by atoms with Crippen LogP contribution in [0.25, 0.3) is 0 Å². The quantitative estimate of drug-likeness (QED) is 0.0493. The van der Waals surface area contributed by atoms with Crippen molar-refractivity contribution in [2.24, 2.45) is 0 Å². The Bertz CT molecular complexity index is 739. The summed E-state index contributed by atoms with van der Waals surface area (Å²) in [6.45, 7) is 8.18. The third-order valence-corrected chi connectivity index (χ3v) is 10.9. The van der Waals surface area contributed by atoms with E-state index in [9.17, 15) is 0 Å². The maximum atomic E-state index is 2.66. The number of aromatic nitrogens is 1. The van der Waals surface area contributed by atoms with Gasteiger partial charge < -0.3 is 0 Å². The second-order valence-corrected chi connectivity index (χ2v) is 15.5. The smallest absolute Gasteiger partial charge is 0.184 e. The number of unbranched alkanes of at least 4 members (excludes halogenated alkanes) is 32. The molecular formula is C46H88N+. The SMILES string of the molecule is CCCCCCCCCCCCCCCCCc1ccc[n+](CCCCCCC)c1CCCCCCCCCCCCCCCCC. The number of hydrogen-bond donors (Lipinski definition) is 0. The van der Waals surface area contributed by atoms with Crippen LogP contribution in [0.4, 0.5) is 0 Å². The van der Waals surface area contributed by atoms with Gasteiger partial charge in [0.2, 0.25) is 0 Å². The predicted molar refractivity (Wildman–Crippen MR) is 213 cm³/mol. The fourth-order valence-electron chi connectivity index (χ4n) is 7.61. The molecule has 1 aromatic rings. The van der Waals surface area contributed by atoms with E-state index in [1.54, 1.807) is 11.3 Å². The van der Waals surface area contributed by atoms with Gasteiger partial charge in [-0.15, -0.1) is 0 Å². The normalized spacial score (nSPS) is 11.6. The van der Waals surface area contributed by atoms with E-state index in [1.165, 1.54) is 244 Å². The van der Waals surface area contributed by atoms with E-state index in [0.29, 0.717) is 0 Å². The van der Waals surface area contributed by atoms with Crippen molar-refractivity contribution in [3.63, 3.8) is 0 Å². The average molecular weight is 655 g/mol. The zero-order chi connectivity index (χ0) is 33.7. The van der Waals surface area contributed by atoms with Crippen LogP contribution in [0.3, 0.4) is 0 Å². The molecule has 0 atom stereocenters. The van der Waals surface area contributed by atoms with E-state index >= 15 is 0 Å². The van der Waals surface area contributed by atoms with Crippen molar-refractivity contribution in [2.75, 3.05) is 0 Å². The molecule has 1 nitrogen and oxygen atoms in total. The molecule has 0 saturated heterocycles. The Labute approximate surface area is 298 Å². The van der Waals surface area contributed by atoms with Crippen molar-refractivity contribution in [2.45, 2.75) is 265 Å². The minimum Gasteiger partial charge on any atom is -0.202 e. The van der Waals surface area contributed by atoms with Crippen molar-refractivity contribution in [3.8, 4) is 0 Å². The molecule has 0 aliphatic rings. The first-order valence-corrected chi connectivity index (χ1v) is 22.3. The van der Waals surface area contributed by atoms with Crippen LogP contribution in [0.1, 0.15) is 257 Å². The molecule has 0 unspecified atom stereocenters. The third-order valence-electron chi connectivity index (χ3n) is 10.9. The zero-order valence-electron chi connectivity index (χ0n) is 33.0. The second-order valence-electron chi connectivity index (χ2n) is 15.5. The van der Waals surface area contributed by atoms with E-state index < -0.39 is 0 Å². The summed E-state index contributed by atoms with van der Waals surface area (Å²) in [5.74, 6) is 0. The van der Waals surface area contributed by atoms with Gasteiger partial charge in [0.1, 0.15) is 6.54 Å². The molecule has 0 radical (unpaired) electrons. The van der Waals surface area contributed by atoms with Crippen molar-refractivity contribution < 1.29 is 4.57 Å². The molecule has 0 aromatic carbocycles. The lowest BCUT2D eigenvalue weighted by atomic mass is 9.99. The van der Waals surface area contributed by atoms with E-state index in [4.69, 9.17) is 0 Å². The number of aryl methyl sites for hydroxylation is 2. The van der Waals surface area contributed by atoms with E-state index in [2.05, 4.69) is 43.7 Å². The van der Waals surface area contributed by atoms with Crippen LogP contribution in [0, 0.1) is 0 Å². The second kappa shape index (κ2) is 36.4. The Kier molecular flexibility index (Phi) is 34.2. The first-order chi connectivity index (χ1) is 23.3. The van der Waals surface area contributed by atoms with Gasteiger partial charge in [-0.1, -0.05) is 220 Å². The molecule has 276 valence electrons. The Morgan fingerprint density at radius 2 is 0.638 bits per heavy atom. The largest absolute Gasteiger partial charge is 0.202 e. The summed E-state index contributed by atoms with van der Waals surface area (Å²) in [6.07, 6.45) is 55.3. The predicted octanol–water partition coefficient (Wildman–Crippen LogP) is 15.8. The summed E-state index contributed by atoms with van der Waals surface area (Å²) < 4.78 is 2.66. The van der Waals surface area contributed by atoms with Crippen LogP contribution in [0.2, 0.25) is 0 Å². The Morgan fingerprint density at radius 3 is 1.00 bits per heavy atom. The maximum Gasteiger partial charge on any atom is 0.184 e. The number of nitrogens with zero attached hydrogens (tertiary/aromatic N) is 1. The van der Waals surface area contributed by atoms with Gasteiger partial charge in [0.05, 0.1) is 0 Å². The van der Waals surface area contributed by atoms with Gasteiger partial charge in [0, 0.05) is 24.5 Å². The van der Waals surface area contributed by atoms with Crippen molar-refractivity contribution in [3.05, 3.63) is 29.6 Å². The van der Waals surface area contributed by atoms with Gasteiger partial charge in [-0.2, -0.15) is 0 Å². The summed E-state index contributed by atoms with van der Waals surface area (Å²) in [4.78, 5) is 0. The molecule has 1 rings (SSSR count). The molecule has 0 fully saturated rings. The molecule has 0 saturated carbocycles. The fraction of sp³-hybridized carbons (Fsp3) is 0.891. The van der Waals surface area contributed by atoms with E-state index in [0.717, 1.165) is 0 Å². The number of hydrogen-bond acceptors (Lipinski definition) is 0. The fourth-order valence-corrected chi connectivity index (χ4v) is 7.61. The van der Waals surface area contributed by atoms with Gasteiger partial charge in [0.25, 0.3) is 0 Å². The highest BCUT2D eigenvalue weighted by Gasteiger charge is 2.15. The standard InChI is InChI=1S/C46H88N/c1-4-7-10-13-15-17-19-21-23-25-27-29-31-33-36-40-45-41-39-44-47(43-38-35-12-9-6-3)46(45)42-37-34-32-30-28-26-24-22-20-18-16-14-11-8-5-2/h39,41,44H,4-38,40,42-43H2,1-3H3/q+1. The van der Waals surface area contributed by atoms with E-state index in [1.807, 2.05) is 0 Å². The van der Waals surface area contributed by atoms with Gasteiger partial charge >= 0.3 is 0 Å². The molecule has 47 heavy (non-hydrogen) atoms. The molecular weight excluding hydrogens is 567 g/mol. The van der Waals surface area contributed by atoms with Crippen molar-refractivity contribution in [1.29, 1.82) is 0 Å². The molecule has 0 aliphatic heterocycles. The van der Waals surface area contributed by atoms with Gasteiger partial charge in [0.15, 0.2) is 11.9 Å². The number of pyridine rings is 1. The number of rotatable bonds is 38. The summed E-state index contributed by atoms with van der Waals surface area (Å²) in [6, 6.07) is 4.82. The minimum absolute atomic E-state index is 1.23. The van der Waals surface area contributed by atoms with Crippen LogP contribution in [-0.4, -0.2) is 0 Å². The summed E-state index contributed by atoms with van der Waals surface area (Å²) >= 11 is 0. The van der Waals surface area contributed by atoms with Gasteiger partial charge in [-0.05, 0) is 31.7 Å². The van der Waals surface area contributed by atoms with Crippen LogP contribution in [0.15, 0.2) is 18.3 Å². The average Bonchev–Trinajstić information content (AvgIpc) is 3.08. The lowest BCUT2D eigenvalue weighted by Crippen LogP contribution is -2.39. The molecule has 0 N–H and O–H groups in total. The Hall–Kier alpha value is -0.850. The topological polar surface area (TPSA) is 3.88 Å². The molecule has 1 heteroatoms.